The number of nitrogens with one attached hydrogen (secondary N) is 1. The lowest BCUT2D eigenvalue weighted by atomic mass is 10.2. The van der Waals surface area contributed by atoms with E-state index in [0.717, 1.165) is 19.3 Å². The van der Waals surface area contributed by atoms with E-state index in [-0.39, 0.29) is 10.5 Å². The third-order valence-electron chi connectivity index (χ3n) is 4.68. The number of esters is 1. The number of rotatable bonds is 6. The molecule has 1 fully saturated rings. The maximum absolute atomic E-state index is 13.0. The molecule has 3 rings (SSSR count). The first-order valence-electron chi connectivity index (χ1n) is 9.34. The van der Waals surface area contributed by atoms with Gasteiger partial charge < -0.3 is 10.1 Å². The van der Waals surface area contributed by atoms with Crippen molar-refractivity contribution < 1.29 is 22.7 Å². The number of hydrogen-bond donors (Lipinski definition) is 1. The molecule has 1 aliphatic heterocycles. The number of benzene rings is 1. The average molecular weight is 420 g/mol. The monoisotopic (exact) mass is 420 g/mol. The van der Waals surface area contributed by atoms with Crippen LogP contribution < -0.4 is 5.32 Å². The molecule has 9 nitrogen and oxygen atoms in total. The number of hydrogen-bond acceptors (Lipinski definition) is 6. The Labute approximate surface area is 169 Å². The molecule has 1 N–H and O–H groups in total. The molecule has 0 spiro atoms. The number of nitrogens with zero attached hydrogens (tertiary/aromatic N) is 3. The molecule has 1 amide bonds. The molecule has 1 aliphatic rings. The van der Waals surface area contributed by atoms with E-state index in [9.17, 15) is 18.0 Å². The van der Waals surface area contributed by atoms with E-state index in [2.05, 4.69) is 10.4 Å². The zero-order chi connectivity index (χ0) is 21.0. The summed E-state index contributed by atoms with van der Waals surface area (Å²) in [6.45, 7) is 2.24. The van der Waals surface area contributed by atoms with Gasteiger partial charge in [-0.3, -0.25) is 9.48 Å². The van der Waals surface area contributed by atoms with Gasteiger partial charge in [0.05, 0.1) is 16.7 Å². The molecule has 29 heavy (non-hydrogen) atoms. The van der Waals surface area contributed by atoms with Gasteiger partial charge in [0, 0.05) is 32.0 Å². The standard InChI is InChI=1S/C19H24N4O5S/c1-14-6-7-16(10-17(14)29(26,27)23-8-4-3-5-9-23)21-18(24)13-28-19(25)15-11-20-22(2)12-15/h6-7,10-12H,3-5,8-9,13H2,1-2H3,(H,21,24). The Balaban J connectivity index is 1.66. The van der Waals surface area contributed by atoms with E-state index in [4.69, 9.17) is 4.74 Å². The summed E-state index contributed by atoms with van der Waals surface area (Å²) >= 11 is 0. The number of aromatic nitrogens is 2. The Hall–Kier alpha value is -2.72. The van der Waals surface area contributed by atoms with Crippen LogP contribution in [0.15, 0.2) is 35.5 Å². The maximum Gasteiger partial charge on any atom is 0.341 e. The van der Waals surface area contributed by atoms with Crippen LogP contribution in [0.2, 0.25) is 0 Å². The van der Waals surface area contributed by atoms with Crippen molar-refractivity contribution >= 4 is 27.6 Å². The summed E-state index contributed by atoms with van der Waals surface area (Å²) in [4.78, 5) is 24.2. The van der Waals surface area contributed by atoms with Gasteiger partial charge in [0.25, 0.3) is 5.91 Å². The first-order chi connectivity index (χ1) is 13.8. The van der Waals surface area contributed by atoms with Crippen molar-refractivity contribution in [1.82, 2.24) is 14.1 Å². The highest BCUT2D eigenvalue weighted by Crippen LogP contribution is 2.26. The highest BCUT2D eigenvalue weighted by Gasteiger charge is 2.27. The van der Waals surface area contributed by atoms with Gasteiger partial charge in [-0.15, -0.1) is 0 Å². The van der Waals surface area contributed by atoms with Crippen LogP contribution in [-0.2, 0) is 26.6 Å². The summed E-state index contributed by atoms with van der Waals surface area (Å²) < 4.78 is 33.8. The Morgan fingerprint density at radius 1 is 1.21 bits per heavy atom. The van der Waals surface area contributed by atoms with E-state index >= 15 is 0 Å². The molecule has 0 saturated carbocycles. The average Bonchev–Trinajstić information content (AvgIpc) is 3.14. The predicted molar refractivity (Wildman–Crippen MR) is 106 cm³/mol. The number of aryl methyl sites for hydroxylation is 2. The van der Waals surface area contributed by atoms with Crippen molar-refractivity contribution in [3.05, 3.63) is 41.7 Å². The number of sulfonamides is 1. The van der Waals surface area contributed by atoms with Crippen LogP contribution in [0.25, 0.3) is 0 Å². The summed E-state index contributed by atoms with van der Waals surface area (Å²) in [6.07, 6.45) is 5.54. The molecule has 156 valence electrons. The number of ether oxygens (including phenoxy) is 1. The minimum absolute atomic E-state index is 0.171. The van der Waals surface area contributed by atoms with Gasteiger partial charge in [0.2, 0.25) is 10.0 Å². The molecule has 1 saturated heterocycles. The second-order valence-corrected chi connectivity index (χ2v) is 8.88. The molecule has 1 aromatic carbocycles. The molecule has 1 aromatic heterocycles. The van der Waals surface area contributed by atoms with E-state index in [0.29, 0.717) is 24.3 Å². The minimum atomic E-state index is -3.62. The summed E-state index contributed by atoms with van der Waals surface area (Å²) in [6, 6.07) is 4.71. The highest BCUT2D eigenvalue weighted by atomic mass is 32.2. The maximum atomic E-state index is 13.0. The van der Waals surface area contributed by atoms with Crippen molar-refractivity contribution in [2.24, 2.45) is 7.05 Å². The Kier molecular flexibility index (Phi) is 6.33. The zero-order valence-electron chi connectivity index (χ0n) is 16.4. The van der Waals surface area contributed by atoms with Crippen LogP contribution in [0.4, 0.5) is 5.69 Å². The fourth-order valence-electron chi connectivity index (χ4n) is 3.14. The van der Waals surface area contributed by atoms with Crippen molar-refractivity contribution in [2.75, 3.05) is 25.0 Å². The lowest BCUT2D eigenvalue weighted by Gasteiger charge is -2.26. The summed E-state index contributed by atoms with van der Waals surface area (Å²) in [5.74, 6) is -1.22. The third-order valence-corrected chi connectivity index (χ3v) is 6.72. The van der Waals surface area contributed by atoms with Gasteiger partial charge in [0.15, 0.2) is 6.61 Å². The second kappa shape index (κ2) is 8.75. The molecule has 0 radical (unpaired) electrons. The molecule has 0 aliphatic carbocycles. The Bertz CT molecular complexity index is 1010. The van der Waals surface area contributed by atoms with Gasteiger partial charge in [-0.2, -0.15) is 9.40 Å². The largest absolute Gasteiger partial charge is 0.452 e. The van der Waals surface area contributed by atoms with Crippen molar-refractivity contribution in [2.45, 2.75) is 31.1 Å². The SMILES string of the molecule is Cc1ccc(NC(=O)COC(=O)c2cnn(C)c2)cc1S(=O)(=O)N1CCCCC1. The predicted octanol–water partition coefficient (Wildman–Crippen LogP) is 1.70. The number of anilines is 1. The molecule has 10 heteroatoms. The van der Waals surface area contributed by atoms with Gasteiger partial charge in [-0.05, 0) is 37.5 Å². The van der Waals surface area contributed by atoms with Crippen LogP contribution in [-0.4, -0.2) is 54.1 Å². The lowest BCUT2D eigenvalue weighted by Crippen LogP contribution is -2.36. The summed E-state index contributed by atoms with van der Waals surface area (Å²) in [5, 5.41) is 6.44. The van der Waals surface area contributed by atoms with Crippen LogP contribution in [0.3, 0.4) is 0 Å². The van der Waals surface area contributed by atoms with Gasteiger partial charge in [0.1, 0.15) is 0 Å². The van der Waals surface area contributed by atoms with Crippen LogP contribution in [0.5, 0.6) is 0 Å². The summed E-state index contributed by atoms with van der Waals surface area (Å²) in [7, 11) is -1.96. The zero-order valence-corrected chi connectivity index (χ0v) is 17.2. The number of carbonyl (C=O) groups excluding carboxylic acids is 2. The van der Waals surface area contributed by atoms with Crippen molar-refractivity contribution in [3.63, 3.8) is 0 Å². The second-order valence-electron chi connectivity index (χ2n) is 6.97. The van der Waals surface area contributed by atoms with Crippen LogP contribution in [0.1, 0.15) is 35.2 Å². The van der Waals surface area contributed by atoms with Crippen LogP contribution in [0, 0.1) is 6.92 Å². The van der Waals surface area contributed by atoms with E-state index in [1.54, 1.807) is 26.1 Å². The third kappa shape index (κ3) is 5.01. The molecule has 0 unspecified atom stereocenters. The minimum Gasteiger partial charge on any atom is -0.452 e. The lowest BCUT2D eigenvalue weighted by molar-refractivity contribution is -0.119. The summed E-state index contributed by atoms with van der Waals surface area (Å²) in [5.41, 5.74) is 1.18. The van der Waals surface area contributed by atoms with Crippen molar-refractivity contribution in [1.29, 1.82) is 0 Å². The number of amides is 1. The highest BCUT2D eigenvalue weighted by molar-refractivity contribution is 7.89. The quantitative estimate of drug-likeness (QED) is 0.712. The first kappa shape index (κ1) is 21.0. The Morgan fingerprint density at radius 3 is 2.59 bits per heavy atom. The van der Waals surface area contributed by atoms with E-state index in [1.165, 1.54) is 27.4 Å². The normalized spacial score (nSPS) is 15.1. The topological polar surface area (TPSA) is 111 Å². The molecular weight excluding hydrogens is 396 g/mol. The smallest absolute Gasteiger partial charge is 0.341 e. The fraction of sp³-hybridized carbons (Fsp3) is 0.421. The molecule has 0 bridgehead atoms. The molecular formula is C19H24N4O5S. The Morgan fingerprint density at radius 2 is 1.93 bits per heavy atom. The fourth-order valence-corrected chi connectivity index (χ4v) is 4.91. The number of piperidine rings is 1. The van der Waals surface area contributed by atoms with Crippen molar-refractivity contribution in [3.8, 4) is 0 Å². The van der Waals surface area contributed by atoms with Crippen LogP contribution >= 0.6 is 0 Å². The van der Waals surface area contributed by atoms with Gasteiger partial charge in [-0.25, -0.2) is 13.2 Å². The molecule has 0 atom stereocenters. The van der Waals surface area contributed by atoms with Gasteiger partial charge >= 0.3 is 5.97 Å². The van der Waals surface area contributed by atoms with Gasteiger partial charge in [-0.1, -0.05) is 12.5 Å². The number of carbonyl (C=O) groups is 2. The first-order valence-corrected chi connectivity index (χ1v) is 10.8. The van der Waals surface area contributed by atoms with E-state index < -0.39 is 28.5 Å². The van der Waals surface area contributed by atoms with E-state index in [1.807, 2.05) is 0 Å². The molecule has 2 heterocycles. The molecule has 2 aromatic rings.